The van der Waals surface area contributed by atoms with E-state index in [1.165, 1.54) is 44.5 Å². The Balaban J connectivity index is 1.02. The van der Waals surface area contributed by atoms with Gasteiger partial charge < -0.3 is 13.7 Å². The molecule has 0 fully saturated rings. The zero-order valence-corrected chi connectivity index (χ0v) is 32.9. The summed E-state index contributed by atoms with van der Waals surface area (Å²) in [5, 5.41) is 4.53. The van der Waals surface area contributed by atoms with Gasteiger partial charge in [-0.05, 0) is 124 Å². The zero-order valence-electron chi connectivity index (χ0n) is 32.9. The molecule has 1 aliphatic rings. The van der Waals surface area contributed by atoms with E-state index in [0.717, 1.165) is 79.3 Å². The van der Waals surface area contributed by atoms with Gasteiger partial charge in [-0.1, -0.05) is 140 Å². The van der Waals surface area contributed by atoms with Gasteiger partial charge in [0.25, 0.3) is 0 Å². The second kappa shape index (κ2) is 14.0. The summed E-state index contributed by atoms with van der Waals surface area (Å²) in [6, 6.07) is 74.3. The first-order chi connectivity index (χ1) is 29.7. The molecule has 0 saturated heterocycles. The smallest absolute Gasteiger partial charge is 0.136 e. The third-order valence-corrected chi connectivity index (χ3v) is 12.5. The van der Waals surface area contributed by atoms with Gasteiger partial charge in [0.05, 0.1) is 0 Å². The topological polar surface area (TPSA) is 29.5 Å². The van der Waals surface area contributed by atoms with Crippen LogP contribution in [-0.2, 0) is 6.42 Å². The van der Waals surface area contributed by atoms with Gasteiger partial charge in [-0.2, -0.15) is 0 Å². The molecule has 3 heteroatoms. The average molecular weight is 770 g/mol. The molecule has 60 heavy (non-hydrogen) atoms. The lowest BCUT2D eigenvalue weighted by Crippen LogP contribution is -2.11. The number of fused-ring (bicyclic) bond motifs is 9. The quantitative estimate of drug-likeness (QED) is 0.169. The fraction of sp³-hybridized carbons (Fsp3) is 0.0526. The molecular formula is C57H39NO2. The van der Waals surface area contributed by atoms with E-state index in [1.54, 1.807) is 0 Å². The Morgan fingerprint density at radius 3 is 1.85 bits per heavy atom. The van der Waals surface area contributed by atoms with Crippen LogP contribution in [0.1, 0.15) is 29.0 Å². The Kier molecular flexibility index (Phi) is 8.05. The summed E-state index contributed by atoms with van der Waals surface area (Å²) < 4.78 is 13.2. The lowest BCUT2D eigenvalue weighted by Gasteiger charge is -2.27. The van der Waals surface area contributed by atoms with Crippen LogP contribution in [0.25, 0.3) is 77.3 Å². The molecule has 2 aromatic heterocycles. The SMILES string of the molecule is c1ccc(-c2ccc(N(c3ccccc3)c3cccc(C4CCc5cc6oc7ccccc7c6c(-c6ccc7c(c6)oc6ccccc67)c5-c5ccccc54)c3)cc2)cc1. The van der Waals surface area contributed by atoms with Crippen LogP contribution >= 0.6 is 0 Å². The minimum atomic E-state index is 0.167. The van der Waals surface area contributed by atoms with Gasteiger partial charge in [0, 0.05) is 50.1 Å². The highest BCUT2D eigenvalue weighted by atomic mass is 16.3. The van der Waals surface area contributed by atoms with E-state index in [1.807, 2.05) is 6.07 Å². The molecule has 0 amide bonds. The predicted octanol–water partition coefficient (Wildman–Crippen LogP) is 16.0. The Morgan fingerprint density at radius 2 is 1.02 bits per heavy atom. The molecular weight excluding hydrogens is 731 g/mol. The Bertz CT molecular complexity index is 3380. The first kappa shape index (κ1) is 34.4. The number of rotatable bonds is 6. The summed E-state index contributed by atoms with van der Waals surface area (Å²) in [4.78, 5) is 2.38. The summed E-state index contributed by atoms with van der Waals surface area (Å²) in [5.41, 5.74) is 18.2. The van der Waals surface area contributed by atoms with Crippen LogP contribution in [0.4, 0.5) is 17.1 Å². The molecule has 0 spiro atoms. The van der Waals surface area contributed by atoms with Crippen molar-refractivity contribution in [3.05, 3.63) is 223 Å². The van der Waals surface area contributed by atoms with Crippen LogP contribution < -0.4 is 4.90 Å². The largest absolute Gasteiger partial charge is 0.456 e. The maximum atomic E-state index is 6.69. The van der Waals surface area contributed by atoms with Crippen molar-refractivity contribution < 1.29 is 8.83 Å². The van der Waals surface area contributed by atoms with Crippen molar-refractivity contribution in [2.24, 2.45) is 0 Å². The molecule has 1 unspecified atom stereocenters. The maximum Gasteiger partial charge on any atom is 0.136 e. The van der Waals surface area contributed by atoms with Crippen LogP contribution in [0.2, 0.25) is 0 Å². The highest BCUT2D eigenvalue weighted by Crippen LogP contribution is 2.51. The highest BCUT2D eigenvalue weighted by Gasteiger charge is 2.29. The number of para-hydroxylation sites is 3. The molecule has 0 radical (unpaired) electrons. The number of benzene rings is 9. The maximum absolute atomic E-state index is 6.69. The van der Waals surface area contributed by atoms with E-state index in [-0.39, 0.29) is 5.92 Å². The number of aryl methyl sites for hydroxylation is 1. The van der Waals surface area contributed by atoms with Crippen LogP contribution in [-0.4, -0.2) is 0 Å². The van der Waals surface area contributed by atoms with Crippen LogP contribution in [0.5, 0.6) is 0 Å². The second-order valence-electron chi connectivity index (χ2n) is 15.9. The molecule has 1 aliphatic carbocycles. The van der Waals surface area contributed by atoms with Crippen molar-refractivity contribution in [1.29, 1.82) is 0 Å². The van der Waals surface area contributed by atoms with Gasteiger partial charge in [-0.3, -0.25) is 0 Å². The van der Waals surface area contributed by atoms with Crippen molar-refractivity contribution in [1.82, 2.24) is 0 Å². The molecule has 0 bridgehead atoms. The Labute approximate surface area is 348 Å². The number of nitrogens with zero attached hydrogens (tertiary/aromatic N) is 1. The minimum absolute atomic E-state index is 0.167. The first-order valence-corrected chi connectivity index (χ1v) is 20.8. The van der Waals surface area contributed by atoms with E-state index in [0.29, 0.717) is 0 Å². The molecule has 11 aromatic rings. The van der Waals surface area contributed by atoms with Gasteiger partial charge in [-0.15, -0.1) is 0 Å². The fourth-order valence-electron chi connectivity index (χ4n) is 9.78. The predicted molar refractivity (Wildman–Crippen MR) is 249 cm³/mol. The van der Waals surface area contributed by atoms with E-state index in [2.05, 4.69) is 205 Å². The molecule has 2 heterocycles. The second-order valence-corrected chi connectivity index (χ2v) is 15.9. The molecule has 1 atom stereocenters. The third kappa shape index (κ3) is 5.66. The molecule has 3 nitrogen and oxygen atoms in total. The molecule has 0 aliphatic heterocycles. The third-order valence-electron chi connectivity index (χ3n) is 12.5. The van der Waals surface area contributed by atoms with Crippen LogP contribution in [0.15, 0.2) is 215 Å². The number of hydrogen-bond donors (Lipinski definition) is 0. The summed E-state index contributed by atoms with van der Waals surface area (Å²) in [6.45, 7) is 0. The van der Waals surface area contributed by atoms with Crippen molar-refractivity contribution in [2.45, 2.75) is 18.8 Å². The van der Waals surface area contributed by atoms with E-state index < -0.39 is 0 Å². The molecule has 9 aromatic carbocycles. The minimum Gasteiger partial charge on any atom is -0.456 e. The number of furan rings is 2. The average Bonchev–Trinajstić information content (AvgIpc) is 3.82. The van der Waals surface area contributed by atoms with Crippen LogP contribution in [0.3, 0.4) is 0 Å². The van der Waals surface area contributed by atoms with Crippen molar-refractivity contribution >= 4 is 60.9 Å². The summed E-state index contributed by atoms with van der Waals surface area (Å²) in [6.07, 6.45) is 1.85. The Hall–Kier alpha value is -7.62. The van der Waals surface area contributed by atoms with Gasteiger partial charge in [0.2, 0.25) is 0 Å². The molecule has 0 saturated carbocycles. The monoisotopic (exact) mass is 769 g/mol. The standard InChI is InChI=1S/C57H39NO2/c1-3-14-37(15-4-1)38-26-30-43(31-27-38)58(42-17-5-2-6-18-42)44-19-13-16-39(34-44)45-32-28-40-36-54-57(50-23-10-12-25-52(50)60-54)56(55(40)49-22-8-7-20-46(45)49)41-29-33-48-47-21-9-11-24-51(47)59-53(48)35-41/h1-27,29-31,33-36,45H,28,32H2. The van der Waals surface area contributed by atoms with Crippen molar-refractivity contribution in [2.75, 3.05) is 4.90 Å². The summed E-state index contributed by atoms with van der Waals surface area (Å²) >= 11 is 0. The van der Waals surface area contributed by atoms with Crippen molar-refractivity contribution in [3.63, 3.8) is 0 Å². The van der Waals surface area contributed by atoms with Crippen LogP contribution in [0, 0.1) is 0 Å². The van der Waals surface area contributed by atoms with Crippen molar-refractivity contribution in [3.8, 4) is 33.4 Å². The zero-order chi connectivity index (χ0) is 39.6. The van der Waals surface area contributed by atoms with Gasteiger partial charge in [0.15, 0.2) is 0 Å². The Morgan fingerprint density at radius 1 is 0.400 bits per heavy atom. The van der Waals surface area contributed by atoms with Gasteiger partial charge >= 0.3 is 0 Å². The first-order valence-electron chi connectivity index (χ1n) is 20.8. The van der Waals surface area contributed by atoms with Gasteiger partial charge in [-0.25, -0.2) is 0 Å². The lowest BCUT2D eigenvalue weighted by molar-refractivity contribution is 0.667. The fourth-order valence-corrected chi connectivity index (χ4v) is 9.78. The molecule has 12 rings (SSSR count). The lowest BCUT2D eigenvalue weighted by atomic mass is 9.83. The summed E-state index contributed by atoms with van der Waals surface area (Å²) in [7, 11) is 0. The molecule has 0 N–H and O–H groups in total. The van der Waals surface area contributed by atoms with E-state index >= 15 is 0 Å². The van der Waals surface area contributed by atoms with E-state index in [9.17, 15) is 0 Å². The number of anilines is 3. The van der Waals surface area contributed by atoms with E-state index in [4.69, 9.17) is 8.83 Å². The van der Waals surface area contributed by atoms with Gasteiger partial charge in [0.1, 0.15) is 22.3 Å². The summed E-state index contributed by atoms with van der Waals surface area (Å²) in [5.74, 6) is 0.167. The highest BCUT2D eigenvalue weighted by molar-refractivity contribution is 6.18. The molecule has 284 valence electrons. The normalized spacial score (nSPS) is 13.7. The number of hydrogen-bond acceptors (Lipinski definition) is 3.